The molecule has 0 aliphatic rings. The van der Waals surface area contributed by atoms with Crippen molar-refractivity contribution >= 4 is 16.6 Å². The Morgan fingerprint density at radius 1 is 1.05 bits per heavy atom. The molecule has 20 heavy (non-hydrogen) atoms. The largest absolute Gasteiger partial charge is 0.497 e. The van der Waals surface area contributed by atoms with E-state index >= 15 is 0 Å². The average Bonchev–Trinajstić information content (AvgIpc) is 2.53. The minimum absolute atomic E-state index is 0.755. The highest BCUT2D eigenvalue weighted by molar-refractivity contribution is 5.90. The zero-order valence-corrected chi connectivity index (χ0v) is 11.3. The molecule has 0 saturated heterocycles. The molecule has 3 aromatic rings. The van der Waals surface area contributed by atoms with Crippen LogP contribution in [-0.4, -0.2) is 12.1 Å². The van der Waals surface area contributed by atoms with Gasteiger partial charge in [0.2, 0.25) is 0 Å². The van der Waals surface area contributed by atoms with Crippen molar-refractivity contribution in [3.05, 3.63) is 66.4 Å². The van der Waals surface area contributed by atoms with Gasteiger partial charge in [0.1, 0.15) is 5.75 Å². The van der Waals surface area contributed by atoms with Crippen LogP contribution < -0.4 is 10.1 Å². The molecule has 100 valence electrons. The van der Waals surface area contributed by atoms with E-state index in [1.807, 2.05) is 48.7 Å². The fraction of sp³-hybridized carbons (Fsp3) is 0.118. The molecular formula is C17H16N2O. The molecule has 2 aromatic carbocycles. The Kier molecular flexibility index (Phi) is 3.50. The summed E-state index contributed by atoms with van der Waals surface area (Å²) in [5.74, 6) is 0.879. The van der Waals surface area contributed by atoms with Crippen molar-refractivity contribution in [2.45, 2.75) is 6.54 Å². The van der Waals surface area contributed by atoms with E-state index in [1.54, 1.807) is 7.11 Å². The SMILES string of the molecule is COc1cccc(CNc2ccnc3ccccc23)c1. The second-order valence-corrected chi connectivity index (χ2v) is 4.58. The third-order valence-corrected chi connectivity index (χ3v) is 3.27. The second kappa shape index (κ2) is 5.61. The smallest absolute Gasteiger partial charge is 0.119 e. The maximum atomic E-state index is 5.24. The van der Waals surface area contributed by atoms with Crippen molar-refractivity contribution < 1.29 is 4.74 Å². The summed E-state index contributed by atoms with van der Waals surface area (Å²) < 4.78 is 5.24. The Hall–Kier alpha value is -2.55. The lowest BCUT2D eigenvalue weighted by Crippen LogP contribution is -2.00. The molecule has 0 saturated carbocycles. The van der Waals surface area contributed by atoms with Crippen molar-refractivity contribution in [3.8, 4) is 5.75 Å². The maximum Gasteiger partial charge on any atom is 0.119 e. The number of anilines is 1. The fourth-order valence-electron chi connectivity index (χ4n) is 2.23. The van der Waals surface area contributed by atoms with Crippen molar-refractivity contribution in [2.24, 2.45) is 0 Å². The highest BCUT2D eigenvalue weighted by atomic mass is 16.5. The first-order chi connectivity index (χ1) is 9.86. The van der Waals surface area contributed by atoms with Crippen LogP contribution in [0.1, 0.15) is 5.56 Å². The molecule has 0 aliphatic carbocycles. The van der Waals surface area contributed by atoms with Crippen LogP contribution >= 0.6 is 0 Å². The molecule has 0 aliphatic heterocycles. The standard InChI is InChI=1S/C17H16N2O/c1-20-14-6-4-5-13(11-14)12-19-17-9-10-18-16-8-3-2-7-15(16)17/h2-11H,12H2,1H3,(H,18,19). The van der Waals surface area contributed by atoms with Crippen LogP contribution in [0.25, 0.3) is 10.9 Å². The summed E-state index contributed by atoms with van der Waals surface area (Å²) in [6.07, 6.45) is 1.83. The van der Waals surface area contributed by atoms with Crippen LogP contribution in [0.2, 0.25) is 0 Å². The fourth-order valence-corrected chi connectivity index (χ4v) is 2.23. The number of fused-ring (bicyclic) bond motifs is 1. The maximum absolute atomic E-state index is 5.24. The number of hydrogen-bond acceptors (Lipinski definition) is 3. The molecule has 1 N–H and O–H groups in total. The van der Waals surface area contributed by atoms with Crippen LogP contribution in [0.3, 0.4) is 0 Å². The Labute approximate surface area is 118 Å². The summed E-state index contributed by atoms with van der Waals surface area (Å²) in [6.45, 7) is 0.755. The number of rotatable bonds is 4. The Morgan fingerprint density at radius 3 is 2.85 bits per heavy atom. The quantitative estimate of drug-likeness (QED) is 0.777. The molecule has 0 atom stereocenters. The first-order valence-electron chi connectivity index (χ1n) is 6.57. The molecule has 0 unspecified atom stereocenters. The van der Waals surface area contributed by atoms with Gasteiger partial charge in [-0.15, -0.1) is 0 Å². The van der Waals surface area contributed by atoms with E-state index in [0.29, 0.717) is 0 Å². The van der Waals surface area contributed by atoms with Gasteiger partial charge in [-0.05, 0) is 29.8 Å². The number of nitrogens with one attached hydrogen (secondary N) is 1. The first kappa shape index (κ1) is 12.5. The summed E-state index contributed by atoms with van der Waals surface area (Å²) in [4.78, 5) is 4.36. The van der Waals surface area contributed by atoms with Gasteiger partial charge in [0.15, 0.2) is 0 Å². The van der Waals surface area contributed by atoms with Gasteiger partial charge in [0.25, 0.3) is 0 Å². The van der Waals surface area contributed by atoms with Crippen molar-refractivity contribution in [1.29, 1.82) is 0 Å². The van der Waals surface area contributed by atoms with E-state index in [2.05, 4.69) is 22.4 Å². The Morgan fingerprint density at radius 2 is 1.95 bits per heavy atom. The number of methoxy groups -OCH3 is 1. The van der Waals surface area contributed by atoms with E-state index in [4.69, 9.17) is 4.74 Å². The lowest BCUT2D eigenvalue weighted by Gasteiger charge is -2.10. The predicted molar refractivity (Wildman–Crippen MR) is 82.1 cm³/mol. The molecule has 0 spiro atoms. The molecule has 3 rings (SSSR count). The van der Waals surface area contributed by atoms with Gasteiger partial charge in [-0.25, -0.2) is 0 Å². The molecule has 0 fully saturated rings. The van der Waals surface area contributed by atoms with Gasteiger partial charge in [-0.2, -0.15) is 0 Å². The molecule has 1 aromatic heterocycles. The molecular weight excluding hydrogens is 248 g/mol. The van der Waals surface area contributed by atoms with Crippen molar-refractivity contribution in [1.82, 2.24) is 4.98 Å². The van der Waals surface area contributed by atoms with Crippen LogP contribution in [-0.2, 0) is 6.54 Å². The zero-order chi connectivity index (χ0) is 13.8. The molecule has 3 heteroatoms. The lowest BCUT2D eigenvalue weighted by molar-refractivity contribution is 0.414. The lowest BCUT2D eigenvalue weighted by atomic mass is 10.1. The highest BCUT2D eigenvalue weighted by Crippen LogP contribution is 2.22. The third kappa shape index (κ3) is 2.57. The van der Waals surface area contributed by atoms with Gasteiger partial charge in [-0.1, -0.05) is 30.3 Å². The average molecular weight is 264 g/mol. The second-order valence-electron chi connectivity index (χ2n) is 4.58. The van der Waals surface area contributed by atoms with E-state index in [0.717, 1.165) is 28.9 Å². The number of pyridine rings is 1. The van der Waals surface area contributed by atoms with Gasteiger partial charge < -0.3 is 10.1 Å². The molecule has 0 radical (unpaired) electrons. The minimum Gasteiger partial charge on any atom is -0.497 e. The monoisotopic (exact) mass is 264 g/mol. The summed E-state index contributed by atoms with van der Waals surface area (Å²) in [5.41, 5.74) is 3.28. The van der Waals surface area contributed by atoms with Crippen molar-refractivity contribution in [3.63, 3.8) is 0 Å². The first-order valence-corrected chi connectivity index (χ1v) is 6.57. The Balaban J connectivity index is 1.83. The van der Waals surface area contributed by atoms with Gasteiger partial charge >= 0.3 is 0 Å². The Bertz CT molecular complexity index is 720. The van der Waals surface area contributed by atoms with Crippen LogP contribution in [0.5, 0.6) is 5.75 Å². The normalized spacial score (nSPS) is 10.4. The zero-order valence-electron chi connectivity index (χ0n) is 11.3. The summed E-state index contributed by atoms with van der Waals surface area (Å²) >= 11 is 0. The number of para-hydroxylation sites is 1. The van der Waals surface area contributed by atoms with E-state index < -0.39 is 0 Å². The minimum atomic E-state index is 0.755. The van der Waals surface area contributed by atoms with E-state index in [9.17, 15) is 0 Å². The number of hydrogen-bond donors (Lipinski definition) is 1. The number of nitrogens with zero attached hydrogens (tertiary/aromatic N) is 1. The summed E-state index contributed by atoms with van der Waals surface area (Å²) in [6, 6.07) is 18.2. The van der Waals surface area contributed by atoms with E-state index in [-0.39, 0.29) is 0 Å². The van der Waals surface area contributed by atoms with Crippen LogP contribution in [0, 0.1) is 0 Å². The number of aromatic nitrogens is 1. The van der Waals surface area contributed by atoms with Gasteiger partial charge in [-0.3, -0.25) is 4.98 Å². The van der Waals surface area contributed by atoms with Crippen LogP contribution in [0.4, 0.5) is 5.69 Å². The predicted octanol–water partition coefficient (Wildman–Crippen LogP) is 3.86. The summed E-state index contributed by atoms with van der Waals surface area (Å²) in [5, 5.41) is 4.60. The molecule has 0 bridgehead atoms. The number of benzene rings is 2. The van der Waals surface area contributed by atoms with Gasteiger partial charge in [0, 0.05) is 23.8 Å². The topological polar surface area (TPSA) is 34.1 Å². The molecule has 1 heterocycles. The van der Waals surface area contributed by atoms with Crippen molar-refractivity contribution in [2.75, 3.05) is 12.4 Å². The highest BCUT2D eigenvalue weighted by Gasteiger charge is 2.01. The van der Waals surface area contributed by atoms with E-state index in [1.165, 1.54) is 5.56 Å². The molecule has 0 amide bonds. The summed E-state index contributed by atoms with van der Waals surface area (Å²) in [7, 11) is 1.68. The van der Waals surface area contributed by atoms with Crippen LogP contribution in [0.15, 0.2) is 60.8 Å². The number of ether oxygens (including phenoxy) is 1. The van der Waals surface area contributed by atoms with Gasteiger partial charge in [0.05, 0.1) is 12.6 Å². The molecule has 3 nitrogen and oxygen atoms in total. The third-order valence-electron chi connectivity index (χ3n) is 3.27.